The molecule has 0 radical (unpaired) electrons. The highest BCUT2D eigenvalue weighted by Crippen LogP contribution is 2.42. The number of fused-ring (bicyclic) bond motifs is 2. The zero-order valence-corrected chi connectivity index (χ0v) is 18.6. The molecule has 11 heteroatoms. The summed E-state index contributed by atoms with van der Waals surface area (Å²) in [6.45, 7) is 2.49. The molecule has 33 heavy (non-hydrogen) atoms. The van der Waals surface area contributed by atoms with Crippen LogP contribution in [0.1, 0.15) is 54.2 Å². The molecule has 0 spiro atoms. The number of nitrogen functional groups attached to an aromatic ring is 1. The number of nitrogens with two attached hydrogens (primary N) is 1. The van der Waals surface area contributed by atoms with Gasteiger partial charge in [-0.15, -0.1) is 0 Å². The van der Waals surface area contributed by atoms with Gasteiger partial charge in [0.15, 0.2) is 5.82 Å². The van der Waals surface area contributed by atoms with Crippen molar-refractivity contribution in [2.75, 3.05) is 25.4 Å². The molecule has 3 aliphatic heterocycles. The van der Waals surface area contributed by atoms with Crippen molar-refractivity contribution in [3.8, 4) is 6.01 Å². The molecule has 1 aromatic carbocycles. The van der Waals surface area contributed by atoms with Crippen LogP contribution in [-0.4, -0.2) is 40.1 Å². The molecule has 1 aromatic heterocycles. The molecule has 6 nitrogen and oxygen atoms in total. The predicted molar refractivity (Wildman–Crippen MR) is 115 cm³/mol. The van der Waals surface area contributed by atoms with Gasteiger partial charge in [-0.05, 0) is 50.9 Å². The molecule has 4 heterocycles. The van der Waals surface area contributed by atoms with Gasteiger partial charge in [-0.3, -0.25) is 4.90 Å². The Kier molecular flexibility index (Phi) is 5.61. The van der Waals surface area contributed by atoms with E-state index >= 15 is 0 Å². The van der Waals surface area contributed by atoms with E-state index in [1.165, 1.54) is 0 Å². The number of hydrogen-bond donors (Lipinski definition) is 2. The van der Waals surface area contributed by atoms with E-state index in [2.05, 4.69) is 14.9 Å². The van der Waals surface area contributed by atoms with Crippen molar-refractivity contribution in [3.63, 3.8) is 0 Å². The minimum absolute atomic E-state index is 0.00495. The van der Waals surface area contributed by atoms with Crippen molar-refractivity contribution < 1.29 is 27.0 Å². The zero-order chi connectivity index (χ0) is 23.4. The quantitative estimate of drug-likeness (QED) is 0.372. The summed E-state index contributed by atoms with van der Waals surface area (Å²) in [5.74, 6) is -1.12. The minimum atomic E-state index is -4.75. The van der Waals surface area contributed by atoms with Gasteiger partial charge in [0.25, 0.3) is 6.01 Å². The van der Waals surface area contributed by atoms with Crippen molar-refractivity contribution in [2.24, 2.45) is 0 Å². The van der Waals surface area contributed by atoms with Crippen LogP contribution >= 0.6 is 12.2 Å². The van der Waals surface area contributed by atoms with E-state index in [1.54, 1.807) is 0 Å². The lowest BCUT2D eigenvalue weighted by Crippen LogP contribution is -2.43. The van der Waals surface area contributed by atoms with Gasteiger partial charge in [-0.25, -0.2) is 4.39 Å². The van der Waals surface area contributed by atoms with Crippen LogP contribution in [0.15, 0.2) is 12.1 Å². The average Bonchev–Trinajstić information content (AvgIpc) is 3.33. The molecule has 2 saturated heterocycles. The molecular weight excluding hydrogens is 460 g/mol. The molecule has 1 atom stereocenters. The second kappa shape index (κ2) is 8.21. The Labute approximate surface area is 193 Å². The zero-order valence-electron chi connectivity index (χ0n) is 17.8. The first-order chi connectivity index (χ1) is 15.7. The summed E-state index contributed by atoms with van der Waals surface area (Å²) in [6, 6.07) is 1.91. The predicted octanol–water partition coefficient (Wildman–Crippen LogP) is 4.70. The average molecular weight is 485 g/mol. The summed E-state index contributed by atoms with van der Waals surface area (Å²) in [5.41, 5.74) is 4.60. The Morgan fingerprint density at radius 3 is 2.70 bits per heavy atom. The van der Waals surface area contributed by atoms with Crippen molar-refractivity contribution in [3.05, 3.63) is 45.0 Å². The van der Waals surface area contributed by atoms with E-state index in [1.807, 2.05) is 0 Å². The molecule has 0 saturated carbocycles. The molecular formula is C22H24F4N4O2S. The van der Waals surface area contributed by atoms with E-state index in [0.717, 1.165) is 50.9 Å². The van der Waals surface area contributed by atoms with E-state index in [4.69, 9.17) is 27.4 Å². The number of hydrogen-bond acceptors (Lipinski definition) is 6. The van der Waals surface area contributed by atoms with Crippen molar-refractivity contribution in [1.82, 2.24) is 14.9 Å². The standard InChI is InChI=1S/C22H24F4N4O2S/c23-18-14(27)4-3-13(22(24,25)26)17(18)16-9-15-12(10-31-16)19(33)29-20(28-15)32-11-21-5-1-7-30(21)8-2-6-21/h3-4,16H,1-2,5-11,27H2,(H,28,29,33). The van der Waals surface area contributed by atoms with Crippen LogP contribution in [0.25, 0.3) is 0 Å². The van der Waals surface area contributed by atoms with Gasteiger partial charge in [0.05, 0.1) is 29.5 Å². The van der Waals surface area contributed by atoms with Crippen LogP contribution < -0.4 is 10.5 Å². The molecule has 5 rings (SSSR count). The number of rotatable bonds is 4. The van der Waals surface area contributed by atoms with Gasteiger partial charge in [0.1, 0.15) is 11.2 Å². The van der Waals surface area contributed by atoms with Gasteiger partial charge in [0, 0.05) is 23.2 Å². The lowest BCUT2D eigenvalue weighted by atomic mass is 9.94. The van der Waals surface area contributed by atoms with Crippen molar-refractivity contribution >= 4 is 17.9 Å². The van der Waals surface area contributed by atoms with Crippen LogP contribution in [0, 0.1) is 10.5 Å². The maximum Gasteiger partial charge on any atom is 0.416 e. The van der Waals surface area contributed by atoms with Crippen molar-refractivity contribution in [2.45, 2.75) is 56.5 Å². The maximum absolute atomic E-state index is 14.8. The number of benzene rings is 1. The summed E-state index contributed by atoms with van der Waals surface area (Å²) < 4.78 is 67.3. The summed E-state index contributed by atoms with van der Waals surface area (Å²) in [5, 5.41) is 0. The second-order valence-corrected chi connectivity index (χ2v) is 9.33. The first kappa shape index (κ1) is 22.5. The van der Waals surface area contributed by atoms with Crippen LogP contribution in [0.4, 0.5) is 23.2 Å². The third-order valence-corrected chi connectivity index (χ3v) is 7.37. The Bertz CT molecular complexity index is 1130. The third-order valence-electron chi connectivity index (χ3n) is 7.03. The summed E-state index contributed by atoms with van der Waals surface area (Å²) in [4.78, 5) is 9.82. The van der Waals surface area contributed by atoms with Crippen LogP contribution in [0.5, 0.6) is 6.01 Å². The number of alkyl halides is 3. The molecule has 0 amide bonds. The Balaban J connectivity index is 1.42. The van der Waals surface area contributed by atoms with E-state index in [9.17, 15) is 17.6 Å². The number of aromatic amines is 1. The van der Waals surface area contributed by atoms with Gasteiger partial charge >= 0.3 is 6.18 Å². The SMILES string of the molecule is Nc1ccc(C(F)(F)F)c(C2Cc3[nH]c(OCC45CCCN4CCC5)nc(=S)c3CO2)c1F. The monoisotopic (exact) mass is 484 g/mol. The lowest BCUT2D eigenvalue weighted by Gasteiger charge is -2.32. The molecule has 3 aliphatic rings. The maximum atomic E-state index is 14.8. The minimum Gasteiger partial charge on any atom is -0.463 e. The number of halogens is 4. The van der Waals surface area contributed by atoms with Crippen LogP contribution in [0.2, 0.25) is 0 Å². The first-order valence-corrected chi connectivity index (χ1v) is 11.4. The van der Waals surface area contributed by atoms with Gasteiger partial charge in [-0.1, -0.05) is 12.2 Å². The van der Waals surface area contributed by atoms with E-state index in [0.29, 0.717) is 17.9 Å². The fourth-order valence-electron chi connectivity index (χ4n) is 5.36. The largest absolute Gasteiger partial charge is 0.463 e. The fraction of sp³-hybridized carbons (Fsp3) is 0.545. The van der Waals surface area contributed by atoms with Gasteiger partial charge < -0.3 is 20.2 Å². The molecule has 178 valence electrons. The number of aromatic nitrogens is 2. The number of H-pyrrole nitrogens is 1. The molecule has 0 aliphatic carbocycles. The first-order valence-electron chi connectivity index (χ1n) is 10.9. The Hall–Kier alpha value is -2.24. The topological polar surface area (TPSA) is 76.4 Å². The molecule has 3 N–H and O–H groups in total. The van der Waals surface area contributed by atoms with Gasteiger partial charge in [0.2, 0.25) is 0 Å². The Morgan fingerprint density at radius 1 is 1.27 bits per heavy atom. The van der Waals surface area contributed by atoms with Crippen LogP contribution in [-0.2, 0) is 23.9 Å². The normalized spacial score (nSPS) is 22.2. The highest BCUT2D eigenvalue weighted by Gasteiger charge is 2.45. The molecule has 0 bridgehead atoms. The second-order valence-electron chi connectivity index (χ2n) is 8.94. The van der Waals surface area contributed by atoms with Gasteiger partial charge in [-0.2, -0.15) is 18.2 Å². The Morgan fingerprint density at radius 2 is 2.00 bits per heavy atom. The summed E-state index contributed by atoms with van der Waals surface area (Å²) in [6.07, 6.45) is -1.60. The molecule has 2 aromatic rings. The number of nitrogens with zero attached hydrogens (tertiary/aromatic N) is 2. The van der Waals surface area contributed by atoms with Crippen molar-refractivity contribution in [1.29, 1.82) is 0 Å². The third kappa shape index (κ3) is 4.00. The molecule has 1 unspecified atom stereocenters. The smallest absolute Gasteiger partial charge is 0.416 e. The van der Waals surface area contributed by atoms with E-state index in [-0.39, 0.29) is 34.9 Å². The summed E-state index contributed by atoms with van der Waals surface area (Å²) >= 11 is 5.38. The number of ether oxygens (including phenoxy) is 2. The molecule has 2 fully saturated rings. The number of anilines is 1. The summed E-state index contributed by atoms with van der Waals surface area (Å²) in [7, 11) is 0. The van der Waals surface area contributed by atoms with Crippen LogP contribution in [0.3, 0.4) is 0 Å². The highest BCUT2D eigenvalue weighted by molar-refractivity contribution is 7.71. The number of nitrogens with one attached hydrogen (secondary N) is 1. The lowest BCUT2D eigenvalue weighted by molar-refractivity contribution is -0.140. The fourth-order valence-corrected chi connectivity index (χ4v) is 5.63. The highest BCUT2D eigenvalue weighted by atomic mass is 32.1. The van der Waals surface area contributed by atoms with E-state index < -0.39 is 29.2 Å².